The maximum Gasteiger partial charge on any atom is 0.451 e. The summed E-state index contributed by atoms with van der Waals surface area (Å²) in [5, 5.41) is 14.7. The molecule has 0 aliphatic carbocycles. The number of aromatic nitrogens is 7. The first-order chi connectivity index (χ1) is 18.7. The number of nitrogens with zero attached hydrogens (tertiary/aromatic N) is 9. The van der Waals surface area contributed by atoms with Gasteiger partial charge in [-0.3, -0.25) is 9.48 Å². The van der Waals surface area contributed by atoms with Crippen molar-refractivity contribution in [1.29, 1.82) is 5.26 Å². The molecule has 5 rings (SSSR count). The number of rotatable bonds is 7. The maximum absolute atomic E-state index is 13.0. The monoisotopic (exact) mass is 536 g/mol. The number of hydrogen-bond acceptors (Lipinski definition) is 8. The lowest BCUT2D eigenvalue weighted by Crippen LogP contribution is -2.60. The second kappa shape index (κ2) is 10.4. The SMILES string of the molecule is B[C@@](CCC#N)(Cn1cc(-c2ncnc3[nH]ccc23)cn1)N1CCN(C(=O)c2ccnc(C(F)(F)F)n2)CC1. The van der Waals surface area contributed by atoms with Crippen LogP contribution in [-0.4, -0.2) is 89.9 Å². The third-order valence-corrected chi connectivity index (χ3v) is 7.00. The van der Waals surface area contributed by atoms with Crippen LogP contribution in [0.15, 0.2) is 43.2 Å². The maximum atomic E-state index is 13.0. The summed E-state index contributed by atoms with van der Waals surface area (Å²) in [6.45, 7) is 2.07. The molecular formula is C24H24BF3N10O. The lowest BCUT2D eigenvalue weighted by molar-refractivity contribution is -0.145. The molecule has 1 aliphatic rings. The van der Waals surface area contributed by atoms with Crippen LogP contribution < -0.4 is 0 Å². The minimum absolute atomic E-state index is 0.289. The quantitative estimate of drug-likeness (QED) is 0.353. The van der Waals surface area contributed by atoms with Crippen LogP contribution in [0.1, 0.15) is 29.2 Å². The molecule has 0 aromatic carbocycles. The minimum atomic E-state index is -4.73. The minimum Gasteiger partial charge on any atom is -0.346 e. The Balaban J connectivity index is 1.29. The highest BCUT2D eigenvalue weighted by atomic mass is 19.4. The van der Waals surface area contributed by atoms with Crippen molar-refractivity contribution in [1.82, 2.24) is 44.5 Å². The molecule has 1 atom stereocenters. The number of alkyl halides is 3. The van der Waals surface area contributed by atoms with E-state index in [0.29, 0.717) is 45.6 Å². The summed E-state index contributed by atoms with van der Waals surface area (Å²) < 4.78 is 40.8. The number of hydrogen-bond donors (Lipinski definition) is 1. The third kappa shape index (κ3) is 5.46. The van der Waals surface area contributed by atoms with Crippen molar-refractivity contribution in [2.75, 3.05) is 26.2 Å². The van der Waals surface area contributed by atoms with E-state index >= 15 is 0 Å². The van der Waals surface area contributed by atoms with Crippen LogP contribution in [0.5, 0.6) is 0 Å². The number of nitrogens with one attached hydrogen (secondary N) is 1. The molecule has 1 N–H and O–H groups in total. The Morgan fingerprint density at radius 1 is 1.15 bits per heavy atom. The number of piperazine rings is 1. The van der Waals surface area contributed by atoms with E-state index in [0.717, 1.165) is 28.5 Å². The van der Waals surface area contributed by atoms with E-state index < -0.39 is 23.3 Å². The normalized spacial score (nSPS) is 16.2. The van der Waals surface area contributed by atoms with Crippen LogP contribution in [-0.2, 0) is 12.7 Å². The van der Waals surface area contributed by atoms with Gasteiger partial charge in [0.25, 0.3) is 5.91 Å². The van der Waals surface area contributed by atoms with Gasteiger partial charge in [-0.2, -0.15) is 23.5 Å². The standard InChI is InChI=1S/C24H24BF3N10O/c25-23(4-1-5-29,14-38-13-16(12-34-38)19-17-2-6-30-20(17)33-15-32-19)37-10-8-36(9-11-37)21(39)18-3-7-31-22(35-18)24(26,27)28/h2-3,6-7,12-13,15H,1,4,8-11,14,25H2,(H,30,32,33)/t23-/m1/s1. The van der Waals surface area contributed by atoms with E-state index in [1.165, 1.54) is 17.3 Å². The zero-order valence-corrected chi connectivity index (χ0v) is 21.1. The van der Waals surface area contributed by atoms with Crippen LogP contribution in [0.4, 0.5) is 13.2 Å². The molecule has 0 bridgehead atoms. The van der Waals surface area contributed by atoms with Crippen LogP contribution in [0.2, 0.25) is 0 Å². The fraction of sp³-hybridized carbons (Fsp3) is 0.375. The zero-order chi connectivity index (χ0) is 27.6. The van der Waals surface area contributed by atoms with Gasteiger partial charge in [-0.25, -0.2) is 19.9 Å². The Morgan fingerprint density at radius 2 is 1.95 bits per heavy atom. The highest BCUT2D eigenvalue weighted by Crippen LogP contribution is 2.28. The second-order valence-corrected chi connectivity index (χ2v) is 9.59. The molecule has 1 aliphatic heterocycles. The Hall–Kier alpha value is -4.32. The largest absolute Gasteiger partial charge is 0.451 e. The second-order valence-electron chi connectivity index (χ2n) is 9.59. The van der Waals surface area contributed by atoms with Crippen LogP contribution in [0.3, 0.4) is 0 Å². The van der Waals surface area contributed by atoms with Gasteiger partial charge in [-0.05, 0) is 18.6 Å². The van der Waals surface area contributed by atoms with E-state index in [4.69, 9.17) is 0 Å². The van der Waals surface area contributed by atoms with Crippen molar-refractivity contribution in [3.05, 3.63) is 54.8 Å². The Morgan fingerprint density at radius 3 is 2.69 bits per heavy atom. The molecule has 0 unspecified atom stereocenters. The van der Waals surface area contributed by atoms with Gasteiger partial charge in [-0.1, -0.05) is 0 Å². The highest BCUT2D eigenvalue weighted by molar-refractivity contribution is 6.15. The van der Waals surface area contributed by atoms with E-state index in [1.54, 1.807) is 12.4 Å². The molecule has 15 heteroatoms. The number of carbonyl (C=O) groups is 1. The number of carbonyl (C=O) groups excluding carboxylic acids is 1. The van der Waals surface area contributed by atoms with Gasteiger partial charge in [0.15, 0.2) is 0 Å². The fourth-order valence-corrected chi connectivity index (χ4v) is 4.91. The van der Waals surface area contributed by atoms with E-state index in [1.807, 2.05) is 16.9 Å². The number of halogens is 3. The first-order valence-electron chi connectivity index (χ1n) is 12.3. The first-order valence-corrected chi connectivity index (χ1v) is 12.3. The molecule has 1 fully saturated rings. The fourth-order valence-electron chi connectivity index (χ4n) is 4.91. The number of H-pyrrole nitrogens is 1. The van der Waals surface area contributed by atoms with Crippen molar-refractivity contribution >= 4 is 24.8 Å². The number of fused-ring (bicyclic) bond motifs is 1. The van der Waals surface area contributed by atoms with Gasteiger partial charge < -0.3 is 14.8 Å². The Labute approximate surface area is 222 Å². The van der Waals surface area contributed by atoms with E-state index in [2.05, 4.69) is 48.8 Å². The lowest BCUT2D eigenvalue weighted by atomic mass is 9.72. The molecule has 200 valence electrons. The molecule has 0 radical (unpaired) electrons. The first kappa shape index (κ1) is 26.3. The molecule has 4 aromatic rings. The average Bonchev–Trinajstić information content (AvgIpc) is 3.61. The van der Waals surface area contributed by atoms with Gasteiger partial charge in [0.1, 0.15) is 25.5 Å². The Bertz CT molecular complexity index is 1520. The topological polar surface area (TPSA) is 133 Å². The van der Waals surface area contributed by atoms with Crippen LogP contribution in [0.25, 0.3) is 22.3 Å². The molecule has 1 amide bonds. The van der Waals surface area contributed by atoms with Crippen LogP contribution in [0, 0.1) is 11.3 Å². The third-order valence-electron chi connectivity index (χ3n) is 7.00. The van der Waals surface area contributed by atoms with Gasteiger partial charge in [0.2, 0.25) is 5.82 Å². The van der Waals surface area contributed by atoms with Gasteiger partial charge in [0.05, 0.1) is 24.5 Å². The predicted molar refractivity (Wildman–Crippen MR) is 136 cm³/mol. The summed E-state index contributed by atoms with van der Waals surface area (Å²) in [5.41, 5.74) is 1.58. The summed E-state index contributed by atoms with van der Waals surface area (Å²) in [7, 11) is 2.05. The molecule has 39 heavy (non-hydrogen) atoms. The predicted octanol–water partition coefficient (Wildman–Crippen LogP) is 1.72. The van der Waals surface area contributed by atoms with Gasteiger partial charge >= 0.3 is 6.18 Å². The van der Waals surface area contributed by atoms with Crippen molar-refractivity contribution in [2.45, 2.75) is 31.0 Å². The molecule has 0 saturated carbocycles. The Kier molecular flexibility index (Phi) is 7.05. The van der Waals surface area contributed by atoms with Crippen molar-refractivity contribution in [2.24, 2.45) is 0 Å². The summed E-state index contributed by atoms with van der Waals surface area (Å²) in [4.78, 5) is 35.0. The summed E-state index contributed by atoms with van der Waals surface area (Å²) in [5.74, 6) is -1.91. The summed E-state index contributed by atoms with van der Waals surface area (Å²) >= 11 is 0. The molecule has 0 spiro atoms. The molecular weight excluding hydrogens is 512 g/mol. The summed E-state index contributed by atoms with van der Waals surface area (Å²) in [6.07, 6.45) is 4.07. The molecule has 4 aromatic heterocycles. The van der Waals surface area contributed by atoms with Crippen molar-refractivity contribution < 1.29 is 18.0 Å². The molecule has 5 heterocycles. The smallest absolute Gasteiger partial charge is 0.346 e. The molecule has 11 nitrogen and oxygen atoms in total. The van der Waals surface area contributed by atoms with Crippen LogP contribution >= 0.6 is 0 Å². The number of aromatic amines is 1. The van der Waals surface area contributed by atoms with Gasteiger partial charge in [0, 0.05) is 67.6 Å². The zero-order valence-electron chi connectivity index (χ0n) is 21.1. The van der Waals surface area contributed by atoms with Gasteiger partial charge in [-0.15, -0.1) is 0 Å². The number of nitriles is 1. The molecule has 1 saturated heterocycles. The van der Waals surface area contributed by atoms with E-state index in [9.17, 15) is 23.2 Å². The number of amides is 1. The van der Waals surface area contributed by atoms with E-state index in [-0.39, 0.29) is 5.69 Å². The van der Waals surface area contributed by atoms with Crippen molar-refractivity contribution in [3.63, 3.8) is 0 Å². The summed E-state index contributed by atoms with van der Waals surface area (Å²) in [6, 6.07) is 5.31. The average molecular weight is 536 g/mol. The lowest BCUT2D eigenvalue weighted by Gasteiger charge is -2.46. The highest BCUT2D eigenvalue weighted by Gasteiger charge is 2.37. The van der Waals surface area contributed by atoms with Crippen molar-refractivity contribution in [3.8, 4) is 17.3 Å².